The molecule has 30 heavy (non-hydrogen) atoms. The third-order valence-corrected chi connectivity index (χ3v) is 4.91. The highest BCUT2D eigenvalue weighted by atomic mass is 19.1. The van der Waals surface area contributed by atoms with Crippen LogP contribution in [0.5, 0.6) is 0 Å². The van der Waals surface area contributed by atoms with Gasteiger partial charge in [0.1, 0.15) is 17.3 Å². The van der Waals surface area contributed by atoms with Gasteiger partial charge in [0, 0.05) is 17.8 Å². The molecule has 0 saturated heterocycles. The summed E-state index contributed by atoms with van der Waals surface area (Å²) >= 11 is 0. The molecule has 1 aliphatic heterocycles. The number of hydrogen-bond donors (Lipinski definition) is 2. The molecule has 0 bridgehead atoms. The molecule has 0 radical (unpaired) electrons. The average molecular weight is 411 g/mol. The molecule has 2 aromatic carbocycles. The van der Waals surface area contributed by atoms with Gasteiger partial charge in [-0.25, -0.2) is 13.6 Å². The predicted molar refractivity (Wildman–Crippen MR) is 107 cm³/mol. The van der Waals surface area contributed by atoms with Crippen LogP contribution in [0.1, 0.15) is 21.6 Å². The van der Waals surface area contributed by atoms with Gasteiger partial charge in [-0.15, -0.1) is 0 Å². The molecule has 2 heterocycles. The number of rotatable bonds is 3. The van der Waals surface area contributed by atoms with E-state index in [4.69, 9.17) is 5.73 Å². The molecular weight excluding hydrogens is 392 g/mol. The molecule has 0 spiro atoms. The number of carbonyl (C=O) groups excluding carboxylic acids is 2. The van der Waals surface area contributed by atoms with E-state index in [-0.39, 0.29) is 17.8 Å². The predicted octanol–water partition coefficient (Wildman–Crippen LogP) is 3.28. The van der Waals surface area contributed by atoms with Crippen molar-refractivity contribution in [1.29, 1.82) is 0 Å². The molecule has 3 aromatic rings. The zero-order valence-electron chi connectivity index (χ0n) is 16.2. The summed E-state index contributed by atoms with van der Waals surface area (Å²) in [5, 5.41) is 7.10. The topological polar surface area (TPSA) is 93.2 Å². The zero-order chi connectivity index (χ0) is 21.4. The van der Waals surface area contributed by atoms with Crippen molar-refractivity contribution >= 4 is 17.6 Å². The van der Waals surface area contributed by atoms with E-state index in [0.29, 0.717) is 35.6 Å². The van der Waals surface area contributed by atoms with Crippen molar-refractivity contribution in [3.05, 3.63) is 70.9 Å². The minimum atomic E-state index is -0.710. The van der Waals surface area contributed by atoms with Crippen LogP contribution in [0.25, 0.3) is 11.3 Å². The lowest BCUT2D eigenvalue weighted by atomic mass is 10.0. The second-order valence-corrected chi connectivity index (χ2v) is 7.14. The first-order chi connectivity index (χ1) is 14.3. The van der Waals surface area contributed by atoms with E-state index in [9.17, 15) is 18.4 Å². The number of carbonyl (C=O) groups is 2. The van der Waals surface area contributed by atoms with E-state index < -0.39 is 23.6 Å². The fourth-order valence-corrected chi connectivity index (χ4v) is 3.60. The van der Waals surface area contributed by atoms with Crippen molar-refractivity contribution in [2.75, 3.05) is 11.9 Å². The molecule has 154 valence electrons. The number of primary amides is 1. The van der Waals surface area contributed by atoms with Crippen LogP contribution in [0.3, 0.4) is 0 Å². The SMILES string of the molecule is Cc1cc(F)cc(NC(=O)N2CCn3nc(-c4cccc(F)c4)c(C(N)=O)c3C2)c1. The smallest absolute Gasteiger partial charge is 0.322 e. The number of hydrogen-bond acceptors (Lipinski definition) is 3. The number of anilines is 1. The van der Waals surface area contributed by atoms with Crippen molar-refractivity contribution in [3.63, 3.8) is 0 Å². The molecule has 3 amide bonds. The minimum absolute atomic E-state index is 0.0840. The molecule has 0 unspecified atom stereocenters. The third-order valence-electron chi connectivity index (χ3n) is 4.91. The van der Waals surface area contributed by atoms with E-state index >= 15 is 0 Å². The highest BCUT2D eigenvalue weighted by Crippen LogP contribution is 2.29. The summed E-state index contributed by atoms with van der Waals surface area (Å²) < 4.78 is 28.9. The summed E-state index contributed by atoms with van der Waals surface area (Å²) in [5.41, 5.74) is 7.94. The number of urea groups is 1. The summed E-state index contributed by atoms with van der Waals surface area (Å²) in [5.74, 6) is -1.61. The Bertz CT molecular complexity index is 1140. The molecule has 0 aliphatic carbocycles. The van der Waals surface area contributed by atoms with Gasteiger partial charge in [0.25, 0.3) is 5.91 Å². The molecule has 0 saturated carbocycles. The normalized spacial score (nSPS) is 13.1. The number of benzene rings is 2. The van der Waals surface area contributed by atoms with Gasteiger partial charge < -0.3 is 16.0 Å². The van der Waals surface area contributed by atoms with Crippen molar-refractivity contribution in [3.8, 4) is 11.3 Å². The van der Waals surface area contributed by atoms with Crippen molar-refractivity contribution in [2.24, 2.45) is 5.73 Å². The molecule has 0 fully saturated rings. The van der Waals surface area contributed by atoms with Crippen LogP contribution in [0, 0.1) is 18.6 Å². The standard InChI is InChI=1S/C21H19F2N5O2/c1-12-7-15(23)10-16(8-12)25-21(30)27-5-6-28-17(11-27)18(20(24)29)19(26-28)13-3-2-4-14(22)9-13/h2-4,7-10H,5-6,11H2,1H3,(H2,24,29)(H,25,30). The summed E-state index contributed by atoms with van der Waals surface area (Å²) in [7, 11) is 0. The minimum Gasteiger partial charge on any atom is -0.365 e. The molecule has 0 atom stereocenters. The second-order valence-electron chi connectivity index (χ2n) is 7.14. The Morgan fingerprint density at radius 2 is 1.90 bits per heavy atom. The molecular formula is C21H19F2N5O2. The fraction of sp³-hybridized carbons (Fsp3) is 0.190. The maximum absolute atomic E-state index is 13.7. The summed E-state index contributed by atoms with van der Waals surface area (Å²) in [6.45, 7) is 2.47. The summed E-state index contributed by atoms with van der Waals surface area (Å²) in [6, 6.07) is 9.55. The molecule has 1 aliphatic rings. The van der Waals surface area contributed by atoms with Crippen LogP contribution in [0.15, 0.2) is 42.5 Å². The first-order valence-corrected chi connectivity index (χ1v) is 9.30. The quantitative estimate of drug-likeness (QED) is 0.693. The van der Waals surface area contributed by atoms with Crippen molar-refractivity contribution in [1.82, 2.24) is 14.7 Å². The van der Waals surface area contributed by atoms with Crippen LogP contribution >= 0.6 is 0 Å². The number of nitrogens with one attached hydrogen (secondary N) is 1. The Balaban J connectivity index is 1.63. The van der Waals surface area contributed by atoms with Crippen LogP contribution in [0.2, 0.25) is 0 Å². The van der Waals surface area contributed by atoms with E-state index in [2.05, 4.69) is 10.4 Å². The van der Waals surface area contributed by atoms with Crippen molar-refractivity contribution in [2.45, 2.75) is 20.0 Å². The van der Waals surface area contributed by atoms with Gasteiger partial charge in [-0.2, -0.15) is 5.10 Å². The van der Waals surface area contributed by atoms with Gasteiger partial charge >= 0.3 is 6.03 Å². The molecule has 1 aromatic heterocycles. The highest BCUT2D eigenvalue weighted by Gasteiger charge is 2.29. The van der Waals surface area contributed by atoms with E-state index in [1.807, 2.05) is 0 Å². The number of nitrogens with two attached hydrogens (primary N) is 1. The monoisotopic (exact) mass is 411 g/mol. The van der Waals surface area contributed by atoms with Crippen LogP contribution in [0.4, 0.5) is 19.3 Å². The molecule has 9 heteroatoms. The number of fused-ring (bicyclic) bond motifs is 1. The summed E-state index contributed by atoms with van der Waals surface area (Å²) in [6.07, 6.45) is 0. The maximum Gasteiger partial charge on any atom is 0.322 e. The van der Waals surface area contributed by atoms with Gasteiger partial charge in [0.2, 0.25) is 0 Å². The van der Waals surface area contributed by atoms with Crippen LogP contribution in [-0.2, 0) is 13.1 Å². The van der Waals surface area contributed by atoms with Crippen LogP contribution < -0.4 is 11.1 Å². The number of aromatic nitrogens is 2. The number of aryl methyl sites for hydroxylation is 1. The maximum atomic E-state index is 13.7. The van der Waals surface area contributed by atoms with Crippen molar-refractivity contribution < 1.29 is 18.4 Å². The Labute approximate surface area is 171 Å². The lowest BCUT2D eigenvalue weighted by Gasteiger charge is -2.28. The van der Waals surface area contributed by atoms with Gasteiger partial charge in [-0.05, 0) is 42.8 Å². The Morgan fingerprint density at radius 1 is 1.10 bits per heavy atom. The largest absolute Gasteiger partial charge is 0.365 e. The fourth-order valence-electron chi connectivity index (χ4n) is 3.60. The Morgan fingerprint density at radius 3 is 2.60 bits per heavy atom. The summed E-state index contributed by atoms with van der Waals surface area (Å²) in [4.78, 5) is 26.4. The van der Waals surface area contributed by atoms with Gasteiger partial charge in [0.05, 0.1) is 24.3 Å². The van der Waals surface area contributed by atoms with E-state index in [0.717, 1.165) is 0 Å². The number of nitrogens with zero attached hydrogens (tertiary/aromatic N) is 3. The third kappa shape index (κ3) is 3.73. The lowest BCUT2D eigenvalue weighted by molar-refractivity contribution is 0.0997. The lowest BCUT2D eigenvalue weighted by Crippen LogP contribution is -2.41. The van der Waals surface area contributed by atoms with Gasteiger partial charge in [0.15, 0.2) is 0 Å². The van der Waals surface area contributed by atoms with E-state index in [1.54, 1.807) is 23.7 Å². The van der Waals surface area contributed by atoms with Crippen LogP contribution in [-0.4, -0.2) is 33.2 Å². The van der Waals surface area contributed by atoms with E-state index in [1.165, 1.54) is 35.2 Å². The first-order valence-electron chi connectivity index (χ1n) is 9.30. The first kappa shape index (κ1) is 19.6. The Hall–Kier alpha value is -3.75. The Kier molecular flexibility index (Phi) is 4.94. The van der Waals surface area contributed by atoms with Gasteiger partial charge in [-0.3, -0.25) is 9.48 Å². The van der Waals surface area contributed by atoms with Gasteiger partial charge in [-0.1, -0.05) is 12.1 Å². The molecule has 3 N–H and O–H groups in total. The second kappa shape index (κ2) is 7.58. The highest BCUT2D eigenvalue weighted by molar-refractivity contribution is 6.00. The number of halogens is 2. The average Bonchev–Trinajstić information content (AvgIpc) is 3.06. The molecule has 7 nitrogen and oxygen atoms in total. The zero-order valence-corrected chi connectivity index (χ0v) is 16.2. The molecule has 4 rings (SSSR count). The number of amides is 3.